The Labute approximate surface area is 128 Å². The SMILES string of the molecule is CCCNC(=O)CN(C)c1ccc(CNC(C)C)cc1C. The number of rotatable bonds is 8. The molecule has 0 saturated heterocycles. The lowest BCUT2D eigenvalue weighted by Gasteiger charge is -2.21. The summed E-state index contributed by atoms with van der Waals surface area (Å²) >= 11 is 0. The average Bonchev–Trinajstić information content (AvgIpc) is 2.42. The molecule has 21 heavy (non-hydrogen) atoms. The summed E-state index contributed by atoms with van der Waals surface area (Å²) in [5, 5.41) is 6.32. The zero-order valence-corrected chi connectivity index (χ0v) is 14.0. The highest BCUT2D eigenvalue weighted by Gasteiger charge is 2.09. The summed E-state index contributed by atoms with van der Waals surface area (Å²) in [5.74, 6) is 0.0734. The van der Waals surface area contributed by atoms with Gasteiger partial charge in [-0.3, -0.25) is 4.79 Å². The molecule has 1 amide bonds. The molecule has 0 spiro atoms. The summed E-state index contributed by atoms with van der Waals surface area (Å²) in [5.41, 5.74) is 3.58. The number of aryl methyl sites for hydroxylation is 1. The van der Waals surface area contributed by atoms with Gasteiger partial charge in [0, 0.05) is 31.9 Å². The molecule has 2 N–H and O–H groups in total. The van der Waals surface area contributed by atoms with E-state index >= 15 is 0 Å². The molecule has 4 nitrogen and oxygen atoms in total. The van der Waals surface area contributed by atoms with Crippen LogP contribution in [0.25, 0.3) is 0 Å². The molecule has 0 saturated carbocycles. The molecule has 0 bridgehead atoms. The maximum absolute atomic E-state index is 11.8. The monoisotopic (exact) mass is 291 g/mol. The first-order valence-electron chi connectivity index (χ1n) is 7.74. The number of anilines is 1. The minimum atomic E-state index is 0.0734. The maximum Gasteiger partial charge on any atom is 0.239 e. The van der Waals surface area contributed by atoms with Gasteiger partial charge in [0.05, 0.1) is 6.54 Å². The Bertz CT molecular complexity index is 457. The number of carbonyl (C=O) groups is 1. The van der Waals surface area contributed by atoms with Crippen molar-refractivity contribution in [1.29, 1.82) is 0 Å². The van der Waals surface area contributed by atoms with Crippen molar-refractivity contribution in [3.8, 4) is 0 Å². The molecule has 0 unspecified atom stereocenters. The highest BCUT2D eigenvalue weighted by Crippen LogP contribution is 2.20. The van der Waals surface area contributed by atoms with Gasteiger partial charge in [-0.25, -0.2) is 0 Å². The van der Waals surface area contributed by atoms with Crippen LogP contribution >= 0.6 is 0 Å². The van der Waals surface area contributed by atoms with Crippen LogP contribution in [0.5, 0.6) is 0 Å². The van der Waals surface area contributed by atoms with Gasteiger partial charge in [-0.05, 0) is 30.5 Å². The highest BCUT2D eigenvalue weighted by molar-refractivity contribution is 5.81. The third-order valence-corrected chi connectivity index (χ3v) is 3.34. The van der Waals surface area contributed by atoms with Gasteiger partial charge in [0.2, 0.25) is 5.91 Å². The quantitative estimate of drug-likeness (QED) is 0.773. The van der Waals surface area contributed by atoms with E-state index < -0.39 is 0 Å². The molecule has 118 valence electrons. The number of hydrogen-bond donors (Lipinski definition) is 2. The molecule has 0 atom stereocenters. The summed E-state index contributed by atoms with van der Waals surface area (Å²) in [4.78, 5) is 13.8. The molecule has 0 aliphatic heterocycles. The van der Waals surface area contributed by atoms with Crippen LogP contribution in [0.15, 0.2) is 18.2 Å². The van der Waals surface area contributed by atoms with Crippen LogP contribution in [0.3, 0.4) is 0 Å². The summed E-state index contributed by atoms with van der Waals surface area (Å²) in [6.45, 7) is 10.4. The van der Waals surface area contributed by atoms with Crippen molar-refractivity contribution in [1.82, 2.24) is 10.6 Å². The van der Waals surface area contributed by atoms with Crippen molar-refractivity contribution >= 4 is 11.6 Å². The number of benzene rings is 1. The number of likely N-dealkylation sites (N-methyl/N-ethyl adjacent to an activating group) is 1. The first kappa shape index (κ1) is 17.5. The second kappa shape index (κ2) is 8.67. The van der Waals surface area contributed by atoms with Crippen LogP contribution < -0.4 is 15.5 Å². The lowest BCUT2D eigenvalue weighted by molar-refractivity contribution is -0.119. The Kier molecular flexibility index (Phi) is 7.23. The normalized spacial score (nSPS) is 10.8. The van der Waals surface area contributed by atoms with Crippen molar-refractivity contribution in [2.75, 3.05) is 25.0 Å². The van der Waals surface area contributed by atoms with Gasteiger partial charge in [0.1, 0.15) is 0 Å². The number of nitrogens with one attached hydrogen (secondary N) is 2. The Balaban J connectivity index is 2.64. The molecule has 1 aromatic rings. The minimum absolute atomic E-state index is 0.0734. The summed E-state index contributed by atoms with van der Waals surface area (Å²) in [7, 11) is 1.96. The zero-order chi connectivity index (χ0) is 15.8. The van der Waals surface area contributed by atoms with E-state index in [0.29, 0.717) is 12.6 Å². The van der Waals surface area contributed by atoms with Crippen molar-refractivity contribution in [2.24, 2.45) is 0 Å². The maximum atomic E-state index is 11.8. The van der Waals surface area contributed by atoms with Crippen molar-refractivity contribution in [3.05, 3.63) is 29.3 Å². The highest BCUT2D eigenvalue weighted by atomic mass is 16.2. The van der Waals surface area contributed by atoms with Gasteiger partial charge >= 0.3 is 0 Å². The van der Waals surface area contributed by atoms with Crippen LogP contribution in [-0.2, 0) is 11.3 Å². The molecule has 0 heterocycles. The Morgan fingerprint density at radius 2 is 2.05 bits per heavy atom. The average molecular weight is 291 g/mol. The van der Waals surface area contributed by atoms with Crippen LogP contribution in [0.1, 0.15) is 38.3 Å². The lowest BCUT2D eigenvalue weighted by Crippen LogP contribution is -2.35. The van der Waals surface area contributed by atoms with Crippen LogP contribution in [0.4, 0.5) is 5.69 Å². The van der Waals surface area contributed by atoms with E-state index in [2.05, 4.69) is 56.5 Å². The van der Waals surface area contributed by atoms with Crippen molar-refractivity contribution in [2.45, 2.75) is 46.7 Å². The van der Waals surface area contributed by atoms with Crippen LogP contribution in [0.2, 0.25) is 0 Å². The van der Waals surface area contributed by atoms with Gasteiger partial charge in [0.25, 0.3) is 0 Å². The van der Waals surface area contributed by atoms with Crippen molar-refractivity contribution in [3.63, 3.8) is 0 Å². The molecule has 1 rings (SSSR count). The van der Waals surface area contributed by atoms with Crippen LogP contribution in [-0.4, -0.2) is 32.1 Å². The number of amides is 1. The topological polar surface area (TPSA) is 44.4 Å². The summed E-state index contributed by atoms with van der Waals surface area (Å²) in [6.07, 6.45) is 0.964. The predicted octanol–water partition coefficient (Wildman–Crippen LogP) is 2.46. The van der Waals surface area contributed by atoms with E-state index in [4.69, 9.17) is 0 Å². The first-order valence-corrected chi connectivity index (χ1v) is 7.74. The van der Waals surface area contributed by atoms with Crippen molar-refractivity contribution < 1.29 is 4.79 Å². The molecule has 0 radical (unpaired) electrons. The fourth-order valence-corrected chi connectivity index (χ4v) is 2.20. The van der Waals surface area contributed by atoms with E-state index in [1.807, 2.05) is 11.9 Å². The molecule has 0 fully saturated rings. The zero-order valence-electron chi connectivity index (χ0n) is 14.0. The predicted molar refractivity (Wildman–Crippen MR) is 89.7 cm³/mol. The smallest absolute Gasteiger partial charge is 0.239 e. The third-order valence-electron chi connectivity index (χ3n) is 3.34. The van der Waals surface area contributed by atoms with E-state index in [-0.39, 0.29) is 5.91 Å². The minimum Gasteiger partial charge on any atom is -0.365 e. The van der Waals surface area contributed by atoms with Gasteiger partial charge < -0.3 is 15.5 Å². The lowest BCUT2D eigenvalue weighted by atomic mass is 10.1. The standard InChI is InChI=1S/C17H29N3O/c1-6-9-18-17(21)12-20(5)16-8-7-15(10-14(16)4)11-19-13(2)3/h7-8,10,13,19H,6,9,11-12H2,1-5H3,(H,18,21). The molecule has 4 heteroatoms. The molecule has 0 aromatic heterocycles. The fraction of sp³-hybridized carbons (Fsp3) is 0.588. The fourth-order valence-electron chi connectivity index (χ4n) is 2.20. The summed E-state index contributed by atoms with van der Waals surface area (Å²) in [6, 6.07) is 6.89. The molecule has 0 aliphatic rings. The third kappa shape index (κ3) is 6.17. The van der Waals surface area contributed by atoms with E-state index in [1.54, 1.807) is 0 Å². The molecular weight excluding hydrogens is 262 g/mol. The number of carbonyl (C=O) groups excluding carboxylic acids is 1. The second-order valence-electron chi connectivity index (χ2n) is 5.86. The number of nitrogens with zero attached hydrogens (tertiary/aromatic N) is 1. The Morgan fingerprint density at radius 3 is 2.62 bits per heavy atom. The Hall–Kier alpha value is -1.55. The van der Waals surface area contributed by atoms with Gasteiger partial charge in [-0.2, -0.15) is 0 Å². The second-order valence-corrected chi connectivity index (χ2v) is 5.86. The van der Waals surface area contributed by atoms with Gasteiger partial charge in [-0.1, -0.05) is 32.9 Å². The van der Waals surface area contributed by atoms with Gasteiger partial charge in [0.15, 0.2) is 0 Å². The molecular formula is C17H29N3O. The van der Waals surface area contributed by atoms with E-state index in [1.165, 1.54) is 11.1 Å². The van der Waals surface area contributed by atoms with Crippen LogP contribution in [0, 0.1) is 6.92 Å². The van der Waals surface area contributed by atoms with E-state index in [0.717, 1.165) is 25.2 Å². The number of hydrogen-bond acceptors (Lipinski definition) is 3. The summed E-state index contributed by atoms with van der Waals surface area (Å²) < 4.78 is 0. The van der Waals surface area contributed by atoms with E-state index in [9.17, 15) is 4.79 Å². The first-order chi connectivity index (χ1) is 9.93. The molecule has 0 aliphatic carbocycles. The van der Waals surface area contributed by atoms with Gasteiger partial charge in [-0.15, -0.1) is 0 Å². The molecule has 1 aromatic carbocycles. The Morgan fingerprint density at radius 1 is 1.33 bits per heavy atom. The largest absolute Gasteiger partial charge is 0.365 e.